The van der Waals surface area contributed by atoms with E-state index in [-0.39, 0.29) is 4.90 Å². The van der Waals surface area contributed by atoms with Crippen molar-refractivity contribution in [3.8, 4) is 16.9 Å². The van der Waals surface area contributed by atoms with Crippen molar-refractivity contribution < 1.29 is 12.6 Å². The molecule has 0 aliphatic rings. The molecule has 5 nitrogen and oxygen atoms in total. The van der Waals surface area contributed by atoms with Gasteiger partial charge in [0.1, 0.15) is 0 Å². The molecule has 0 aliphatic heterocycles. The molecule has 0 fully saturated rings. The lowest BCUT2D eigenvalue weighted by Gasteiger charge is -2.10. The smallest absolute Gasteiger partial charge is 0.238 e. The summed E-state index contributed by atoms with van der Waals surface area (Å²) in [6.07, 6.45) is 3.54. The Morgan fingerprint density at radius 2 is 1.58 bits per heavy atom. The second-order valence-corrected chi connectivity index (χ2v) is 8.22. The molecule has 0 saturated carbocycles. The first-order valence-corrected chi connectivity index (χ1v) is 10.2. The maximum Gasteiger partial charge on any atom is 0.238 e. The minimum Gasteiger partial charge on any atom is -0.317 e. The van der Waals surface area contributed by atoms with E-state index in [9.17, 15) is 12.6 Å². The molecule has 124 valence electrons. The van der Waals surface area contributed by atoms with E-state index < -0.39 is 20.8 Å². The average molecular weight is 360 g/mol. The summed E-state index contributed by atoms with van der Waals surface area (Å²) in [6, 6.07) is 17.8. The number of aromatic nitrogens is 1. The molecule has 7 heteroatoms. The van der Waals surface area contributed by atoms with Crippen LogP contribution in [-0.4, -0.2) is 23.4 Å². The fourth-order valence-corrected chi connectivity index (χ4v) is 3.49. The molecule has 0 saturated heterocycles. The van der Waals surface area contributed by atoms with Gasteiger partial charge in [-0.05, 0) is 54.1 Å². The maximum atomic E-state index is 11.5. The van der Waals surface area contributed by atoms with Gasteiger partial charge in [-0.25, -0.2) is 13.6 Å². The van der Waals surface area contributed by atoms with Crippen LogP contribution in [0.3, 0.4) is 0 Å². The van der Waals surface area contributed by atoms with E-state index in [1.54, 1.807) is 18.4 Å². The van der Waals surface area contributed by atoms with Crippen LogP contribution in [0.5, 0.6) is 0 Å². The van der Waals surface area contributed by atoms with Gasteiger partial charge in [0, 0.05) is 33.8 Å². The van der Waals surface area contributed by atoms with Gasteiger partial charge in [-0.15, -0.1) is 0 Å². The monoisotopic (exact) mass is 360 g/mol. The quantitative estimate of drug-likeness (QED) is 0.776. The van der Waals surface area contributed by atoms with Gasteiger partial charge in [0.05, 0.1) is 10.6 Å². The average Bonchev–Trinajstić information content (AvgIpc) is 3.04. The molecule has 0 spiro atoms. The van der Waals surface area contributed by atoms with Crippen molar-refractivity contribution in [2.24, 2.45) is 5.14 Å². The normalized spacial score (nSPS) is 12.9. The number of nitrogens with zero attached hydrogens (tertiary/aromatic N) is 1. The van der Waals surface area contributed by atoms with Gasteiger partial charge in [0.2, 0.25) is 10.0 Å². The molecular weight excluding hydrogens is 344 g/mol. The highest BCUT2D eigenvalue weighted by Gasteiger charge is 2.10. The Bertz CT molecular complexity index is 989. The SMILES string of the molecule is CS(=O)c1ccc(-c2cccn2-c2ccc(S(N)(=O)=O)cc2)cc1. The fourth-order valence-electron chi connectivity index (χ4n) is 2.46. The topological polar surface area (TPSA) is 82.2 Å². The number of benzene rings is 2. The molecular formula is C17H16N2O3S2. The number of rotatable bonds is 4. The molecule has 24 heavy (non-hydrogen) atoms. The van der Waals surface area contributed by atoms with E-state index in [1.165, 1.54) is 12.1 Å². The number of nitrogens with two attached hydrogens (primary N) is 1. The summed E-state index contributed by atoms with van der Waals surface area (Å²) < 4.78 is 36.1. The lowest BCUT2D eigenvalue weighted by Crippen LogP contribution is -2.12. The molecule has 2 aromatic carbocycles. The van der Waals surface area contributed by atoms with Crippen molar-refractivity contribution in [3.63, 3.8) is 0 Å². The second-order valence-electron chi connectivity index (χ2n) is 5.28. The van der Waals surface area contributed by atoms with E-state index in [1.807, 2.05) is 47.2 Å². The second kappa shape index (κ2) is 6.35. The van der Waals surface area contributed by atoms with E-state index in [0.717, 1.165) is 21.8 Å². The van der Waals surface area contributed by atoms with Gasteiger partial charge < -0.3 is 4.57 Å². The van der Waals surface area contributed by atoms with Crippen LogP contribution in [0.1, 0.15) is 0 Å². The Hall–Kier alpha value is -2.22. The number of primary sulfonamides is 1. The maximum absolute atomic E-state index is 11.5. The Labute approximate surface area is 143 Å². The summed E-state index contributed by atoms with van der Waals surface area (Å²) in [6.45, 7) is 0. The summed E-state index contributed by atoms with van der Waals surface area (Å²) in [4.78, 5) is 0.851. The predicted octanol–water partition coefficient (Wildman–Crippen LogP) is 2.53. The van der Waals surface area contributed by atoms with Crippen molar-refractivity contribution in [1.29, 1.82) is 0 Å². The van der Waals surface area contributed by atoms with Gasteiger partial charge >= 0.3 is 0 Å². The summed E-state index contributed by atoms with van der Waals surface area (Å²) >= 11 is 0. The Kier molecular flexibility index (Phi) is 4.40. The van der Waals surface area contributed by atoms with Crippen molar-refractivity contribution in [1.82, 2.24) is 4.57 Å². The van der Waals surface area contributed by atoms with Crippen LogP contribution in [0, 0.1) is 0 Å². The van der Waals surface area contributed by atoms with Crippen LogP contribution < -0.4 is 5.14 Å². The number of sulfonamides is 1. The minimum absolute atomic E-state index is 0.0785. The van der Waals surface area contributed by atoms with E-state index >= 15 is 0 Å². The Morgan fingerprint density at radius 3 is 2.12 bits per heavy atom. The van der Waals surface area contributed by atoms with Gasteiger partial charge in [0.15, 0.2) is 0 Å². The lowest BCUT2D eigenvalue weighted by molar-refractivity contribution is 0.598. The largest absolute Gasteiger partial charge is 0.317 e. The van der Waals surface area contributed by atoms with Crippen LogP contribution in [0.25, 0.3) is 16.9 Å². The molecule has 1 unspecified atom stereocenters. The van der Waals surface area contributed by atoms with Crippen molar-refractivity contribution in [3.05, 3.63) is 66.9 Å². The van der Waals surface area contributed by atoms with Crippen molar-refractivity contribution in [2.45, 2.75) is 9.79 Å². The molecule has 2 N–H and O–H groups in total. The first-order valence-electron chi connectivity index (χ1n) is 7.11. The molecule has 0 bridgehead atoms. The lowest BCUT2D eigenvalue weighted by atomic mass is 10.1. The van der Waals surface area contributed by atoms with Crippen LogP contribution in [0.4, 0.5) is 0 Å². The van der Waals surface area contributed by atoms with Crippen LogP contribution in [0.2, 0.25) is 0 Å². The van der Waals surface area contributed by atoms with Crippen LogP contribution in [0.15, 0.2) is 76.7 Å². The van der Waals surface area contributed by atoms with Crippen molar-refractivity contribution >= 4 is 20.8 Å². The summed E-state index contributed by atoms with van der Waals surface area (Å²) in [5.74, 6) is 0. The van der Waals surface area contributed by atoms with Crippen LogP contribution in [-0.2, 0) is 20.8 Å². The molecule has 3 aromatic rings. The molecule has 0 aliphatic carbocycles. The van der Waals surface area contributed by atoms with Crippen LogP contribution >= 0.6 is 0 Å². The first kappa shape index (κ1) is 16.6. The first-order chi connectivity index (χ1) is 11.4. The predicted molar refractivity (Wildman–Crippen MR) is 94.9 cm³/mol. The summed E-state index contributed by atoms with van der Waals surface area (Å²) in [7, 11) is -4.71. The summed E-state index contributed by atoms with van der Waals surface area (Å²) in [5.41, 5.74) is 2.75. The third-order valence-corrected chi connectivity index (χ3v) is 5.54. The highest BCUT2D eigenvalue weighted by atomic mass is 32.2. The zero-order valence-corrected chi connectivity index (χ0v) is 14.5. The highest BCUT2D eigenvalue weighted by Crippen LogP contribution is 2.25. The van der Waals surface area contributed by atoms with Gasteiger partial charge in [-0.3, -0.25) is 4.21 Å². The highest BCUT2D eigenvalue weighted by molar-refractivity contribution is 7.89. The number of hydrogen-bond acceptors (Lipinski definition) is 3. The van der Waals surface area contributed by atoms with Gasteiger partial charge in [-0.2, -0.15) is 0 Å². The molecule has 1 atom stereocenters. The molecule has 3 rings (SSSR count). The Morgan fingerprint density at radius 1 is 0.958 bits per heavy atom. The van der Waals surface area contributed by atoms with Gasteiger partial charge in [-0.1, -0.05) is 12.1 Å². The molecule has 0 radical (unpaired) electrons. The zero-order chi connectivity index (χ0) is 17.3. The Balaban J connectivity index is 2.00. The van der Waals surface area contributed by atoms with E-state index in [4.69, 9.17) is 5.14 Å². The molecule has 1 aromatic heterocycles. The van der Waals surface area contributed by atoms with E-state index in [2.05, 4.69) is 0 Å². The van der Waals surface area contributed by atoms with E-state index in [0.29, 0.717) is 0 Å². The van der Waals surface area contributed by atoms with Crippen molar-refractivity contribution in [2.75, 3.05) is 6.26 Å². The zero-order valence-electron chi connectivity index (χ0n) is 12.9. The number of hydrogen-bond donors (Lipinski definition) is 1. The van der Waals surface area contributed by atoms with Gasteiger partial charge in [0.25, 0.3) is 0 Å². The molecule has 1 heterocycles. The third-order valence-electron chi connectivity index (χ3n) is 3.67. The fraction of sp³-hybridized carbons (Fsp3) is 0.0588. The molecule has 0 amide bonds. The minimum atomic E-state index is -3.70. The standard InChI is InChI=1S/C17H16N2O3S2/c1-23(20)15-8-4-13(5-9-15)17-3-2-12-19(17)14-6-10-16(11-7-14)24(18,21)22/h2-12H,1H3,(H2,18,21,22). The summed E-state index contributed by atoms with van der Waals surface area (Å²) in [5, 5.41) is 5.13. The third kappa shape index (κ3) is 3.33.